The highest BCUT2D eigenvalue weighted by atomic mass is 35.5. The number of hydrogen-bond acceptors (Lipinski definition) is 3. The molecular formula is C12H19Cl2N3O2. The summed E-state index contributed by atoms with van der Waals surface area (Å²) in [5.41, 5.74) is 0. The molecule has 0 radical (unpaired) electrons. The lowest BCUT2D eigenvalue weighted by Crippen LogP contribution is -2.30. The molecule has 0 aromatic carbocycles. The summed E-state index contributed by atoms with van der Waals surface area (Å²) in [4.78, 5) is 17.9. The molecule has 0 saturated carbocycles. The van der Waals surface area contributed by atoms with Crippen LogP contribution in [0.3, 0.4) is 0 Å². The number of ether oxygens (including phenoxy) is 1. The molecule has 1 amide bonds. The largest absolute Gasteiger partial charge is 0.361 e. The molecule has 19 heavy (non-hydrogen) atoms. The van der Waals surface area contributed by atoms with Crippen molar-refractivity contribution in [2.45, 2.75) is 33.4 Å². The zero-order chi connectivity index (χ0) is 14.4. The first-order valence-electron chi connectivity index (χ1n) is 6.27. The Morgan fingerprint density at radius 2 is 2.11 bits per heavy atom. The van der Waals surface area contributed by atoms with Crippen LogP contribution in [0.1, 0.15) is 37.3 Å². The van der Waals surface area contributed by atoms with E-state index < -0.39 is 0 Å². The number of halogens is 2. The number of rotatable bonds is 7. The average molecular weight is 308 g/mol. The fraction of sp³-hybridized carbons (Fsp3) is 0.667. The van der Waals surface area contributed by atoms with Crippen molar-refractivity contribution in [1.29, 1.82) is 0 Å². The van der Waals surface area contributed by atoms with Crippen molar-refractivity contribution >= 4 is 29.1 Å². The van der Waals surface area contributed by atoms with Gasteiger partial charge in [-0.15, -0.1) is 0 Å². The number of aromatic nitrogens is 2. The van der Waals surface area contributed by atoms with E-state index in [0.29, 0.717) is 13.2 Å². The molecule has 0 saturated heterocycles. The van der Waals surface area contributed by atoms with E-state index in [2.05, 4.69) is 11.9 Å². The Labute approximate surface area is 123 Å². The highest BCUT2D eigenvalue weighted by Crippen LogP contribution is 2.23. The van der Waals surface area contributed by atoms with Gasteiger partial charge in [0.25, 0.3) is 5.91 Å². The number of amides is 1. The summed E-state index contributed by atoms with van der Waals surface area (Å²) in [5, 5.41) is 0.343. The molecule has 5 nitrogen and oxygen atoms in total. The van der Waals surface area contributed by atoms with Gasteiger partial charge in [0.2, 0.25) is 5.82 Å². The van der Waals surface area contributed by atoms with Gasteiger partial charge in [-0.3, -0.25) is 9.36 Å². The van der Waals surface area contributed by atoms with Gasteiger partial charge in [0.05, 0.1) is 0 Å². The molecule has 0 aliphatic heterocycles. The number of hydrogen-bond donors (Lipinski definition) is 0. The van der Waals surface area contributed by atoms with Crippen molar-refractivity contribution in [1.82, 2.24) is 14.5 Å². The zero-order valence-electron chi connectivity index (χ0n) is 11.4. The summed E-state index contributed by atoms with van der Waals surface area (Å²) >= 11 is 11.9. The van der Waals surface area contributed by atoms with Crippen LogP contribution >= 0.6 is 23.2 Å². The minimum Gasteiger partial charge on any atom is -0.361 e. The lowest BCUT2D eigenvalue weighted by atomic mass is 10.3. The minimum atomic E-state index is -0.207. The maximum Gasteiger partial charge on any atom is 0.289 e. The van der Waals surface area contributed by atoms with Crippen molar-refractivity contribution in [2.24, 2.45) is 0 Å². The Kier molecular flexibility index (Phi) is 6.62. The van der Waals surface area contributed by atoms with Gasteiger partial charge in [0, 0.05) is 20.2 Å². The summed E-state index contributed by atoms with van der Waals surface area (Å²) in [5.74, 6) is 0.00371. The summed E-state index contributed by atoms with van der Waals surface area (Å²) in [7, 11) is 1.74. The van der Waals surface area contributed by atoms with E-state index in [4.69, 9.17) is 27.9 Å². The second-order valence-corrected chi connectivity index (χ2v) is 4.86. The average Bonchev–Trinajstić information content (AvgIpc) is 2.69. The summed E-state index contributed by atoms with van der Waals surface area (Å²) in [6.07, 6.45) is 1.96. The van der Waals surface area contributed by atoms with Crippen molar-refractivity contribution in [2.75, 3.05) is 20.2 Å². The zero-order valence-corrected chi connectivity index (χ0v) is 13.0. The van der Waals surface area contributed by atoms with E-state index in [1.54, 1.807) is 11.9 Å². The first-order chi connectivity index (χ1) is 9.02. The van der Waals surface area contributed by atoms with E-state index in [1.165, 1.54) is 4.57 Å². The fourth-order valence-electron chi connectivity index (χ4n) is 1.54. The fourth-order valence-corrected chi connectivity index (χ4v) is 1.89. The predicted octanol–water partition coefficient (Wildman–Crippen LogP) is 3.06. The Morgan fingerprint density at radius 3 is 2.68 bits per heavy atom. The molecule has 0 atom stereocenters. The molecule has 1 aromatic rings. The topological polar surface area (TPSA) is 47.4 Å². The molecule has 0 spiro atoms. The third-order valence-electron chi connectivity index (χ3n) is 2.68. The lowest BCUT2D eigenvalue weighted by Gasteiger charge is -2.17. The van der Waals surface area contributed by atoms with Crippen LogP contribution in [-0.2, 0) is 11.5 Å². The maximum atomic E-state index is 12.3. The molecule has 1 aromatic heterocycles. The van der Waals surface area contributed by atoms with Crippen LogP contribution in [0.5, 0.6) is 0 Å². The van der Waals surface area contributed by atoms with E-state index in [1.807, 2.05) is 6.92 Å². The maximum absolute atomic E-state index is 12.3. The molecule has 0 aliphatic carbocycles. The second-order valence-electron chi connectivity index (χ2n) is 4.15. The summed E-state index contributed by atoms with van der Waals surface area (Å²) in [6, 6.07) is 0. The van der Waals surface area contributed by atoms with E-state index in [9.17, 15) is 4.79 Å². The molecule has 0 N–H and O–H groups in total. The molecule has 1 rings (SSSR count). The van der Waals surface area contributed by atoms with Crippen LogP contribution in [0, 0.1) is 0 Å². The Morgan fingerprint density at radius 1 is 1.42 bits per heavy atom. The van der Waals surface area contributed by atoms with Crippen molar-refractivity contribution in [3.8, 4) is 0 Å². The van der Waals surface area contributed by atoms with Crippen molar-refractivity contribution in [3.05, 3.63) is 16.1 Å². The molecule has 0 unspecified atom stereocenters. The van der Waals surface area contributed by atoms with Gasteiger partial charge < -0.3 is 9.64 Å². The Hall–Kier alpha value is -0.780. The highest BCUT2D eigenvalue weighted by Gasteiger charge is 2.22. The van der Waals surface area contributed by atoms with E-state index in [-0.39, 0.29) is 28.8 Å². The van der Waals surface area contributed by atoms with Crippen LogP contribution in [0.2, 0.25) is 10.3 Å². The molecule has 7 heteroatoms. The smallest absolute Gasteiger partial charge is 0.289 e. The number of imidazole rings is 1. The first-order valence-corrected chi connectivity index (χ1v) is 7.03. The van der Waals surface area contributed by atoms with Crippen molar-refractivity contribution < 1.29 is 9.53 Å². The normalized spacial score (nSPS) is 10.8. The molecule has 108 valence electrons. The molecule has 0 fully saturated rings. The van der Waals surface area contributed by atoms with Gasteiger partial charge >= 0.3 is 0 Å². The van der Waals surface area contributed by atoms with Crippen LogP contribution < -0.4 is 0 Å². The van der Waals surface area contributed by atoms with Crippen LogP contribution in [0.4, 0.5) is 0 Å². The van der Waals surface area contributed by atoms with Gasteiger partial charge in [-0.25, -0.2) is 4.98 Å². The predicted molar refractivity (Wildman–Crippen MR) is 75.7 cm³/mol. The number of nitrogens with zero attached hydrogens (tertiary/aromatic N) is 3. The molecule has 0 bridgehead atoms. The number of carbonyl (C=O) groups is 1. The quantitative estimate of drug-likeness (QED) is 0.778. The summed E-state index contributed by atoms with van der Waals surface area (Å²) < 4.78 is 6.76. The third-order valence-corrected chi connectivity index (χ3v) is 3.42. The van der Waals surface area contributed by atoms with Crippen LogP contribution in [0.15, 0.2) is 0 Å². The van der Waals surface area contributed by atoms with Crippen LogP contribution in [-0.4, -0.2) is 40.6 Å². The van der Waals surface area contributed by atoms with Crippen molar-refractivity contribution in [3.63, 3.8) is 0 Å². The molecule has 1 heterocycles. The highest BCUT2D eigenvalue weighted by molar-refractivity contribution is 6.40. The minimum absolute atomic E-state index is 0.119. The van der Waals surface area contributed by atoms with Gasteiger partial charge in [-0.05, 0) is 13.3 Å². The molecule has 0 aliphatic rings. The standard InChI is InChI=1S/C12H19Cl2N3O2/c1-4-6-7-16(3)12(18)11-15-9(13)10(14)17(11)8-19-5-2/h4-8H2,1-3H3. The SMILES string of the molecule is CCCCN(C)C(=O)c1nc(Cl)c(Cl)n1COCC. The molecular weight excluding hydrogens is 289 g/mol. The van der Waals surface area contributed by atoms with Gasteiger partial charge in [-0.1, -0.05) is 36.5 Å². The number of carbonyl (C=O) groups excluding carboxylic acids is 1. The second kappa shape index (κ2) is 7.72. The van der Waals surface area contributed by atoms with Gasteiger partial charge in [0.15, 0.2) is 5.15 Å². The monoisotopic (exact) mass is 307 g/mol. The van der Waals surface area contributed by atoms with Gasteiger partial charge in [0.1, 0.15) is 11.9 Å². The number of unbranched alkanes of at least 4 members (excludes halogenated alkanes) is 1. The van der Waals surface area contributed by atoms with E-state index >= 15 is 0 Å². The lowest BCUT2D eigenvalue weighted by molar-refractivity contribution is 0.0693. The van der Waals surface area contributed by atoms with Gasteiger partial charge in [-0.2, -0.15) is 0 Å². The first kappa shape index (κ1) is 16.3. The Bertz CT molecular complexity index is 435. The van der Waals surface area contributed by atoms with E-state index in [0.717, 1.165) is 12.8 Å². The van der Waals surface area contributed by atoms with Crippen LogP contribution in [0.25, 0.3) is 0 Å². The summed E-state index contributed by atoms with van der Waals surface area (Å²) in [6.45, 7) is 5.29. The third kappa shape index (κ3) is 4.09. The Balaban J connectivity index is 2.92.